The molecule has 0 bridgehead atoms. The number of hydrogen-bond acceptors (Lipinski definition) is 2. The Kier molecular flexibility index (Phi) is 4.83. The Morgan fingerprint density at radius 1 is 1.00 bits per heavy atom. The summed E-state index contributed by atoms with van der Waals surface area (Å²) in [5.41, 5.74) is 0.502. The standard InChI is InChI=1S/C16H16F3NS/c1-11(20-14-9-5-6-10-15(14)21-2)12-7-3-4-8-13(12)16(17,18)19/h3-11,20H,1-2H3. The SMILES string of the molecule is CSc1ccccc1NC(C)c1ccccc1C(F)(F)F. The van der Waals surface area contributed by atoms with Crippen molar-refractivity contribution in [2.24, 2.45) is 0 Å². The molecule has 2 aromatic rings. The first-order valence-corrected chi connectivity index (χ1v) is 7.71. The van der Waals surface area contributed by atoms with Crippen LogP contribution in [0.5, 0.6) is 0 Å². The highest BCUT2D eigenvalue weighted by Gasteiger charge is 2.34. The number of halogens is 3. The molecule has 2 aromatic carbocycles. The number of rotatable bonds is 4. The summed E-state index contributed by atoms with van der Waals surface area (Å²) in [7, 11) is 0. The normalized spacial score (nSPS) is 13.0. The van der Waals surface area contributed by atoms with E-state index in [4.69, 9.17) is 0 Å². The fourth-order valence-corrected chi connectivity index (χ4v) is 2.77. The van der Waals surface area contributed by atoms with Crippen LogP contribution in [-0.2, 0) is 6.18 Å². The van der Waals surface area contributed by atoms with Crippen molar-refractivity contribution < 1.29 is 13.2 Å². The van der Waals surface area contributed by atoms with Crippen LogP contribution < -0.4 is 5.32 Å². The summed E-state index contributed by atoms with van der Waals surface area (Å²) >= 11 is 1.56. The molecule has 0 fully saturated rings. The molecule has 1 unspecified atom stereocenters. The van der Waals surface area contributed by atoms with Crippen molar-refractivity contribution in [3.63, 3.8) is 0 Å². The predicted molar refractivity (Wildman–Crippen MR) is 81.7 cm³/mol. The quantitative estimate of drug-likeness (QED) is 0.738. The van der Waals surface area contributed by atoms with E-state index in [9.17, 15) is 13.2 Å². The number of anilines is 1. The van der Waals surface area contributed by atoms with Crippen LogP contribution in [0.3, 0.4) is 0 Å². The van der Waals surface area contributed by atoms with Crippen LogP contribution in [0.25, 0.3) is 0 Å². The van der Waals surface area contributed by atoms with Crippen LogP contribution in [0, 0.1) is 0 Å². The Labute approximate surface area is 126 Å². The van der Waals surface area contributed by atoms with Crippen molar-refractivity contribution in [2.45, 2.75) is 24.0 Å². The van der Waals surface area contributed by atoms with E-state index in [2.05, 4.69) is 5.32 Å². The van der Waals surface area contributed by atoms with Crippen LogP contribution >= 0.6 is 11.8 Å². The first-order valence-electron chi connectivity index (χ1n) is 6.49. The molecule has 0 radical (unpaired) electrons. The zero-order valence-electron chi connectivity index (χ0n) is 11.7. The van der Waals surface area contributed by atoms with Gasteiger partial charge in [0, 0.05) is 16.6 Å². The summed E-state index contributed by atoms with van der Waals surface area (Å²) in [4.78, 5) is 1.01. The largest absolute Gasteiger partial charge is 0.416 e. The number of benzene rings is 2. The van der Waals surface area contributed by atoms with Crippen molar-refractivity contribution in [3.05, 3.63) is 59.7 Å². The Hall–Kier alpha value is -1.62. The lowest BCUT2D eigenvalue weighted by atomic mass is 10.0. The van der Waals surface area contributed by atoms with Gasteiger partial charge in [0.05, 0.1) is 5.56 Å². The molecule has 0 aliphatic rings. The third kappa shape index (κ3) is 3.73. The summed E-state index contributed by atoms with van der Waals surface area (Å²) in [6, 6.07) is 12.8. The van der Waals surface area contributed by atoms with Crippen LogP contribution in [-0.4, -0.2) is 6.26 Å². The van der Waals surface area contributed by atoms with Crippen molar-refractivity contribution in [1.82, 2.24) is 0 Å². The van der Waals surface area contributed by atoms with Crippen molar-refractivity contribution in [1.29, 1.82) is 0 Å². The lowest BCUT2D eigenvalue weighted by molar-refractivity contribution is -0.138. The molecule has 1 N–H and O–H groups in total. The maximum Gasteiger partial charge on any atom is 0.416 e. The minimum atomic E-state index is -4.34. The van der Waals surface area contributed by atoms with Gasteiger partial charge < -0.3 is 5.32 Å². The summed E-state index contributed by atoms with van der Waals surface area (Å²) in [5.74, 6) is 0. The number of thioether (sulfide) groups is 1. The maximum atomic E-state index is 13.1. The minimum absolute atomic E-state index is 0.251. The van der Waals surface area contributed by atoms with Gasteiger partial charge in [0.2, 0.25) is 0 Å². The van der Waals surface area contributed by atoms with Crippen molar-refractivity contribution in [3.8, 4) is 0 Å². The molecule has 0 spiro atoms. The second kappa shape index (κ2) is 6.43. The summed E-state index contributed by atoms with van der Waals surface area (Å²) < 4.78 is 39.2. The van der Waals surface area contributed by atoms with E-state index in [1.807, 2.05) is 30.5 Å². The molecule has 112 valence electrons. The van der Waals surface area contributed by atoms with Crippen LogP contribution in [0.2, 0.25) is 0 Å². The van der Waals surface area contributed by atoms with Crippen LogP contribution in [0.4, 0.5) is 18.9 Å². The van der Waals surface area contributed by atoms with E-state index in [1.54, 1.807) is 24.8 Å². The molecule has 0 heterocycles. The van der Waals surface area contributed by atoms with E-state index in [0.717, 1.165) is 16.6 Å². The second-order valence-corrected chi connectivity index (χ2v) is 5.50. The maximum absolute atomic E-state index is 13.1. The van der Waals surface area contributed by atoms with E-state index in [1.165, 1.54) is 12.1 Å². The molecule has 0 aliphatic heterocycles. The Morgan fingerprint density at radius 2 is 1.62 bits per heavy atom. The van der Waals surface area contributed by atoms with Gasteiger partial charge in [0.25, 0.3) is 0 Å². The number of nitrogens with one attached hydrogen (secondary N) is 1. The molecular weight excluding hydrogens is 295 g/mol. The van der Waals surface area contributed by atoms with Crippen molar-refractivity contribution in [2.75, 3.05) is 11.6 Å². The molecule has 0 saturated carbocycles. The Bertz CT molecular complexity index is 610. The number of para-hydroxylation sites is 1. The van der Waals surface area contributed by atoms with E-state index in [0.29, 0.717) is 0 Å². The van der Waals surface area contributed by atoms with Crippen LogP contribution in [0.15, 0.2) is 53.4 Å². The average Bonchev–Trinajstić information content (AvgIpc) is 2.47. The second-order valence-electron chi connectivity index (χ2n) is 4.65. The topological polar surface area (TPSA) is 12.0 Å². The van der Waals surface area contributed by atoms with Gasteiger partial charge in [0.15, 0.2) is 0 Å². The van der Waals surface area contributed by atoms with Gasteiger partial charge in [-0.2, -0.15) is 13.2 Å². The summed E-state index contributed by atoms with van der Waals surface area (Å²) in [6.45, 7) is 1.74. The van der Waals surface area contributed by atoms with Gasteiger partial charge >= 0.3 is 6.18 Å². The lowest BCUT2D eigenvalue weighted by Gasteiger charge is -2.21. The highest BCUT2D eigenvalue weighted by molar-refractivity contribution is 7.98. The fourth-order valence-electron chi connectivity index (χ4n) is 2.21. The molecule has 1 atom stereocenters. The zero-order valence-corrected chi connectivity index (χ0v) is 12.6. The molecule has 0 saturated heterocycles. The predicted octanol–water partition coefficient (Wildman–Crippen LogP) is 5.60. The third-order valence-corrected chi connectivity index (χ3v) is 4.01. The van der Waals surface area contributed by atoms with Gasteiger partial charge in [-0.1, -0.05) is 30.3 Å². The third-order valence-electron chi connectivity index (χ3n) is 3.21. The van der Waals surface area contributed by atoms with Crippen molar-refractivity contribution >= 4 is 17.4 Å². The molecule has 1 nitrogen and oxygen atoms in total. The number of hydrogen-bond donors (Lipinski definition) is 1. The lowest BCUT2D eigenvalue weighted by Crippen LogP contribution is -2.15. The first kappa shape index (κ1) is 15.8. The van der Waals surface area contributed by atoms with E-state index < -0.39 is 17.8 Å². The van der Waals surface area contributed by atoms with Gasteiger partial charge in [-0.25, -0.2) is 0 Å². The van der Waals surface area contributed by atoms with E-state index >= 15 is 0 Å². The summed E-state index contributed by atoms with van der Waals surface area (Å²) in [5, 5.41) is 3.17. The zero-order chi connectivity index (χ0) is 15.5. The smallest absolute Gasteiger partial charge is 0.378 e. The molecule has 2 rings (SSSR count). The monoisotopic (exact) mass is 311 g/mol. The molecule has 0 aromatic heterocycles. The molecule has 21 heavy (non-hydrogen) atoms. The van der Waals surface area contributed by atoms with Gasteiger partial charge in [-0.15, -0.1) is 11.8 Å². The molecule has 0 aliphatic carbocycles. The molecular formula is C16H16F3NS. The summed E-state index contributed by atoms with van der Waals surface area (Å²) in [6.07, 6.45) is -2.40. The first-order chi connectivity index (χ1) is 9.93. The van der Waals surface area contributed by atoms with Gasteiger partial charge in [-0.3, -0.25) is 0 Å². The number of alkyl halides is 3. The van der Waals surface area contributed by atoms with Gasteiger partial charge in [-0.05, 0) is 36.9 Å². The van der Waals surface area contributed by atoms with Crippen LogP contribution in [0.1, 0.15) is 24.1 Å². The highest BCUT2D eigenvalue weighted by atomic mass is 32.2. The highest BCUT2D eigenvalue weighted by Crippen LogP contribution is 2.36. The molecule has 0 amide bonds. The average molecular weight is 311 g/mol. The Balaban J connectivity index is 2.31. The minimum Gasteiger partial charge on any atom is -0.378 e. The fraction of sp³-hybridized carbons (Fsp3) is 0.250. The van der Waals surface area contributed by atoms with E-state index in [-0.39, 0.29) is 5.56 Å². The van der Waals surface area contributed by atoms with Gasteiger partial charge in [0.1, 0.15) is 0 Å². The Morgan fingerprint density at radius 3 is 2.29 bits per heavy atom. The molecule has 5 heteroatoms.